The number of nitrogens with zero attached hydrogens (tertiary/aromatic N) is 1. The molecule has 5 heteroatoms. The van der Waals surface area contributed by atoms with E-state index in [1.54, 1.807) is 13.3 Å². The molecule has 0 unspecified atom stereocenters. The third kappa shape index (κ3) is 4.47. The number of rotatable bonds is 7. The van der Waals surface area contributed by atoms with E-state index in [1.165, 1.54) is 5.56 Å². The summed E-state index contributed by atoms with van der Waals surface area (Å²) in [5.74, 6) is 1.29. The van der Waals surface area contributed by atoms with Gasteiger partial charge in [-0.05, 0) is 85.9 Å². The SMILES string of the molecule is CCc1cc(-c2ccc3ncc(C(=O)C4CC4)c(N[C@H]4CC[C@H](N)CC4)c3c2)ccc1OC. The number of hydrogen-bond acceptors (Lipinski definition) is 5. The van der Waals surface area contributed by atoms with E-state index in [2.05, 4.69) is 47.6 Å². The molecule has 0 radical (unpaired) electrons. The van der Waals surface area contributed by atoms with E-state index < -0.39 is 0 Å². The molecule has 0 bridgehead atoms. The number of ketones is 1. The molecule has 1 heterocycles. The van der Waals surface area contributed by atoms with E-state index in [0.29, 0.717) is 12.1 Å². The Balaban J connectivity index is 1.59. The van der Waals surface area contributed by atoms with Crippen LogP contribution < -0.4 is 15.8 Å². The Bertz CT molecular complexity index is 1180. The van der Waals surface area contributed by atoms with E-state index in [1.807, 2.05) is 6.07 Å². The third-order valence-electron chi connectivity index (χ3n) is 7.20. The summed E-state index contributed by atoms with van der Waals surface area (Å²) in [6, 6.07) is 13.3. The Morgan fingerprint density at radius 3 is 2.48 bits per heavy atom. The molecule has 0 spiro atoms. The predicted octanol–water partition coefficient (Wildman–Crippen LogP) is 5.75. The van der Waals surface area contributed by atoms with E-state index in [9.17, 15) is 4.79 Å². The van der Waals surface area contributed by atoms with Crippen molar-refractivity contribution in [3.63, 3.8) is 0 Å². The lowest BCUT2D eigenvalue weighted by Crippen LogP contribution is -2.33. The highest BCUT2D eigenvalue weighted by atomic mass is 16.5. The maximum Gasteiger partial charge on any atom is 0.169 e. The number of Topliss-reactive ketones (excluding diaryl/α,β-unsaturated/α-hetero) is 1. The van der Waals surface area contributed by atoms with Gasteiger partial charge in [-0.2, -0.15) is 0 Å². The number of ether oxygens (including phenoxy) is 1. The molecule has 0 amide bonds. The predicted molar refractivity (Wildman–Crippen MR) is 134 cm³/mol. The van der Waals surface area contributed by atoms with Gasteiger partial charge in [0, 0.05) is 29.6 Å². The van der Waals surface area contributed by atoms with E-state index >= 15 is 0 Å². The summed E-state index contributed by atoms with van der Waals surface area (Å²) in [5.41, 5.74) is 12.2. The van der Waals surface area contributed by atoms with Gasteiger partial charge in [-0.1, -0.05) is 19.1 Å². The zero-order valence-electron chi connectivity index (χ0n) is 19.6. The number of anilines is 1. The Labute approximate surface area is 195 Å². The minimum absolute atomic E-state index is 0.154. The van der Waals surface area contributed by atoms with E-state index in [-0.39, 0.29) is 11.7 Å². The van der Waals surface area contributed by atoms with Crippen molar-refractivity contribution in [2.45, 2.75) is 64.0 Å². The fourth-order valence-corrected chi connectivity index (χ4v) is 4.98. The van der Waals surface area contributed by atoms with Gasteiger partial charge in [0.15, 0.2) is 5.78 Å². The van der Waals surface area contributed by atoms with Crippen LogP contribution in [0.3, 0.4) is 0 Å². The van der Waals surface area contributed by atoms with Gasteiger partial charge in [-0.15, -0.1) is 0 Å². The van der Waals surface area contributed by atoms with Gasteiger partial charge in [-0.3, -0.25) is 9.78 Å². The maximum atomic E-state index is 13.2. The van der Waals surface area contributed by atoms with Crippen LogP contribution in [0.25, 0.3) is 22.0 Å². The zero-order valence-corrected chi connectivity index (χ0v) is 19.6. The zero-order chi connectivity index (χ0) is 22.9. The van der Waals surface area contributed by atoms with Gasteiger partial charge in [0.1, 0.15) is 5.75 Å². The summed E-state index contributed by atoms with van der Waals surface area (Å²) in [7, 11) is 1.71. The van der Waals surface area contributed by atoms with Crippen molar-refractivity contribution in [2.24, 2.45) is 11.7 Å². The molecule has 2 aromatic carbocycles. The molecule has 1 aromatic heterocycles. The number of aromatic nitrogens is 1. The molecule has 172 valence electrons. The first-order valence-electron chi connectivity index (χ1n) is 12.2. The fourth-order valence-electron chi connectivity index (χ4n) is 4.98. The molecule has 2 fully saturated rings. The van der Waals surface area contributed by atoms with Crippen LogP contribution in [0, 0.1) is 5.92 Å². The van der Waals surface area contributed by atoms with Crippen molar-refractivity contribution >= 4 is 22.4 Å². The molecule has 3 N–H and O–H groups in total. The summed E-state index contributed by atoms with van der Waals surface area (Å²) in [4.78, 5) is 17.8. The summed E-state index contributed by atoms with van der Waals surface area (Å²) in [5, 5.41) is 4.78. The number of hydrogen-bond donors (Lipinski definition) is 2. The first kappa shape index (κ1) is 21.9. The quantitative estimate of drug-likeness (QED) is 0.455. The minimum atomic E-state index is 0.154. The second-order valence-electron chi connectivity index (χ2n) is 9.55. The molecular formula is C28H33N3O2. The van der Waals surface area contributed by atoms with E-state index in [4.69, 9.17) is 10.5 Å². The van der Waals surface area contributed by atoms with Crippen LogP contribution in [0.2, 0.25) is 0 Å². The van der Waals surface area contributed by atoms with Gasteiger partial charge in [0.05, 0.1) is 23.9 Å². The minimum Gasteiger partial charge on any atom is -0.496 e. The molecule has 3 aromatic rings. The van der Waals surface area contributed by atoms with Crippen LogP contribution in [0.5, 0.6) is 5.75 Å². The summed E-state index contributed by atoms with van der Waals surface area (Å²) in [6.07, 6.45) is 8.75. The summed E-state index contributed by atoms with van der Waals surface area (Å²) >= 11 is 0. The lowest BCUT2D eigenvalue weighted by Gasteiger charge is -2.29. The monoisotopic (exact) mass is 443 g/mol. The number of pyridine rings is 1. The molecule has 5 rings (SSSR count). The maximum absolute atomic E-state index is 13.2. The fraction of sp³-hybridized carbons (Fsp3) is 0.429. The molecule has 0 aliphatic heterocycles. The van der Waals surface area contributed by atoms with Crippen molar-refractivity contribution in [3.8, 4) is 16.9 Å². The molecule has 2 saturated carbocycles. The van der Waals surface area contributed by atoms with Crippen LogP contribution in [0.1, 0.15) is 61.4 Å². The normalized spacial score (nSPS) is 20.6. The van der Waals surface area contributed by atoms with Crippen molar-refractivity contribution in [3.05, 3.63) is 53.7 Å². The van der Waals surface area contributed by atoms with Crippen molar-refractivity contribution < 1.29 is 9.53 Å². The van der Waals surface area contributed by atoms with Gasteiger partial charge in [0.2, 0.25) is 0 Å². The molecule has 2 aliphatic rings. The first-order valence-corrected chi connectivity index (χ1v) is 12.2. The average Bonchev–Trinajstić information content (AvgIpc) is 3.70. The highest BCUT2D eigenvalue weighted by molar-refractivity contribution is 6.10. The van der Waals surface area contributed by atoms with Crippen LogP contribution >= 0.6 is 0 Å². The standard InChI is InChI=1S/C28H33N3O2/c1-3-17-14-19(7-13-26(17)33-2)20-6-12-25-23(15-20)27(31-22-10-8-21(29)9-11-22)24(16-30-25)28(32)18-4-5-18/h6-7,12-16,18,21-22H,3-5,8-11,29H2,1-2H3,(H,30,31)/t21-,22-. The number of carbonyl (C=O) groups excluding carboxylic acids is 1. The van der Waals surface area contributed by atoms with Gasteiger partial charge in [-0.25, -0.2) is 0 Å². The molecular weight excluding hydrogens is 410 g/mol. The molecule has 2 aliphatic carbocycles. The summed E-state index contributed by atoms with van der Waals surface area (Å²) in [6.45, 7) is 2.14. The second kappa shape index (κ2) is 9.14. The largest absolute Gasteiger partial charge is 0.496 e. The molecule has 0 atom stereocenters. The van der Waals surface area contributed by atoms with Crippen molar-refractivity contribution in [1.29, 1.82) is 0 Å². The van der Waals surface area contributed by atoms with Gasteiger partial charge < -0.3 is 15.8 Å². The number of benzene rings is 2. The average molecular weight is 444 g/mol. The number of methoxy groups -OCH3 is 1. The highest BCUT2D eigenvalue weighted by Crippen LogP contribution is 2.39. The number of nitrogens with two attached hydrogens (primary N) is 1. The number of fused-ring (bicyclic) bond motifs is 1. The summed E-state index contributed by atoms with van der Waals surface area (Å²) < 4.78 is 5.51. The van der Waals surface area contributed by atoms with Gasteiger partial charge >= 0.3 is 0 Å². The number of aryl methyl sites for hydroxylation is 1. The first-order chi connectivity index (χ1) is 16.1. The Kier molecular flexibility index (Phi) is 6.07. The topological polar surface area (TPSA) is 77.2 Å². The lowest BCUT2D eigenvalue weighted by atomic mass is 9.91. The third-order valence-corrected chi connectivity index (χ3v) is 7.20. The van der Waals surface area contributed by atoms with Gasteiger partial charge in [0.25, 0.3) is 0 Å². The number of carbonyl (C=O) groups is 1. The Morgan fingerprint density at radius 2 is 1.79 bits per heavy atom. The lowest BCUT2D eigenvalue weighted by molar-refractivity contribution is 0.0968. The second-order valence-corrected chi connectivity index (χ2v) is 9.55. The van der Waals surface area contributed by atoms with Crippen LogP contribution in [0.4, 0.5) is 5.69 Å². The van der Waals surface area contributed by atoms with Crippen molar-refractivity contribution in [2.75, 3.05) is 12.4 Å². The molecule has 0 saturated heterocycles. The highest BCUT2D eigenvalue weighted by Gasteiger charge is 2.33. The number of nitrogens with one attached hydrogen (secondary N) is 1. The molecule has 5 nitrogen and oxygen atoms in total. The van der Waals surface area contributed by atoms with Crippen LogP contribution in [-0.4, -0.2) is 30.0 Å². The molecule has 33 heavy (non-hydrogen) atoms. The van der Waals surface area contributed by atoms with Crippen molar-refractivity contribution in [1.82, 2.24) is 4.98 Å². The van der Waals surface area contributed by atoms with Crippen LogP contribution in [-0.2, 0) is 6.42 Å². The Morgan fingerprint density at radius 1 is 1.06 bits per heavy atom. The smallest absolute Gasteiger partial charge is 0.169 e. The van der Waals surface area contributed by atoms with E-state index in [0.717, 1.165) is 84.0 Å². The van der Waals surface area contributed by atoms with Crippen LogP contribution in [0.15, 0.2) is 42.6 Å². The Hall–Kier alpha value is -2.92.